The van der Waals surface area contributed by atoms with Crippen LogP contribution in [0.1, 0.15) is 17.0 Å². The van der Waals surface area contributed by atoms with Crippen molar-refractivity contribution in [3.63, 3.8) is 0 Å². The lowest BCUT2D eigenvalue weighted by molar-refractivity contribution is 0.272. The Kier molecular flexibility index (Phi) is 5.29. The summed E-state index contributed by atoms with van der Waals surface area (Å²) in [5.74, 6) is 2.65. The molecule has 0 radical (unpaired) electrons. The predicted octanol–water partition coefficient (Wildman–Crippen LogP) is 5.31. The summed E-state index contributed by atoms with van der Waals surface area (Å²) in [5, 5.41) is 0. The molecule has 28 heavy (non-hydrogen) atoms. The first-order chi connectivity index (χ1) is 13.7. The molecule has 0 aliphatic heterocycles. The molecule has 0 bridgehead atoms. The highest BCUT2D eigenvalue weighted by Gasteiger charge is 2.11. The molecule has 0 amide bonds. The van der Waals surface area contributed by atoms with Crippen LogP contribution in [0.3, 0.4) is 0 Å². The molecule has 1 aromatic heterocycles. The fraction of sp³-hybridized carbons (Fsp3) is 0.208. The molecule has 1 heterocycles. The molecular weight excluding hydrogens is 348 g/mol. The Morgan fingerprint density at radius 2 is 1.46 bits per heavy atom. The number of imidazole rings is 1. The van der Waals surface area contributed by atoms with Gasteiger partial charge in [-0.2, -0.15) is 0 Å². The molecule has 0 atom stereocenters. The summed E-state index contributed by atoms with van der Waals surface area (Å²) in [5.41, 5.74) is 4.44. The lowest BCUT2D eigenvalue weighted by Gasteiger charge is -2.12. The molecule has 142 valence electrons. The van der Waals surface area contributed by atoms with E-state index >= 15 is 0 Å². The molecule has 0 spiro atoms. The van der Waals surface area contributed by atoms with Crippen LogP contribution in [0.25, 0.3) is 11.0 Å². The molecule has 4 aromatic rings. The maximum absolute atomic E-state index is 6.00. The van der Waals surface area contributed by atoms with Crippen molar-refractivity contribution in [1.29, 1.82) is 0 Å². The third kappa shape index (κ3) is 4.17. The molecule has 4 rings (SSSR count). The molecule has 0 saturated heterocycles. The number of aryl methyl sites for hydroxylation is 2. The number of rotatable bonds is 7. The van der Waals surface area contributed by atoms with Crippen molar-refractivity contribution < 1.29 is 9.47 Å². The standard InChI is InChI=1S/C24H24N2O2/c1-18-7-5-9-20(15-18)27-14-13-26-23-12-4-3-11-22(23)25-24(26)17-28-21-10-6-8-19(2)16-21/h3-12,15-16H,13-14,17H2,1-2H3. The van der Waals surface area contributed by atoms with Gasteiger partial charge in [0.1, 0.15) is 30.5 Å². The third-order valence-corrected chi connectivity index (χ3v) is 4.66. The number of hydrogen-bond donors (Lipinski definition) is 0. The van der Waals surface area contributed by atoms with Gasteiger partial charge in [0.25, 0.3) is 0 Å². The van der Waals surface area contributed by atoms with Crippen molar-refractivity contribution >= 4 is 11.0 Å². The van der Waals surface area contributed by atoms with E-state index in [4.69, 9.17) is 14.5 Å². The highest BCUT2D eigenvalue weighted by Crippen LogP contribution is 2.20. The molecule has 4 heteroatoms. The average Bonchev–Trinajstić information content (AvgIpc) is 3.04. The Hall–Kier alpha value is -3.27. The summed E-state index contributed by atoms with van der Waals surface area (Å²) < 4.78 is 14.1. The number of hydrogen-bond acceptors (Lipinski definition) is 3. The summed E-state index contributed by atoms with van der Waals surface area (Å²) in [4.78, 5) is 4.77. The molecule has 0 fully saturated rings. The third-order valence-electron chi connectivity index (χ3n) is 4.66. The van der Waals surface area contributed by atoms with E-state index in [9.17, 15) is 0 Å². The monoisotopic (exact) mass is 372 g/mol. The van der Waals surface area contributed by atoms with Crippen molar-refractivity contribution in [3.05, 3.63) is 89.7 Å². The minimum Gasteiger partial charge on any atom is -0.492 e. The van der Waals surface area contributed by atoms with E-state index in [1.807, 2.05) is 54.6 Å². The Labute approximate surface area is 165 Å². The van der Waals surface area contributed by atoms with Gasteiger partial charge in [-0.05, 0) is 61.4 Å². The molecule has 0 unspecified atom stereocenters. The fourth-order valence-electron chi connectivity index (χ4n) is 3.30. The van der Waals surface area contributed by atoms with Crippen LogP contribution in [-0.4, -0.2) is 16.2 Å². The Balaban J connectivity index is 1.51. The van der Waals surface area contributed by atoms with Gasteiger partial charge in [0.2, 0.25) is 0 Å². The molecule has 0 aliphatic carbocycles. The second-order valence-electron chi connectivity index (χ2n) is 6.94. The lowest BCUT2D eigenvalue weighted by Crippen LogP contribution is -2.13. The first-order valence-electron chi connectivity index (χ1n) is 9.52. The van der Waals surface area contributed by atoms with Crippen molar-refractivity contribution in [2.24, 2.45) is 0 Å². The van der Waals surface area contributed by atoms with E-state index in [0.717, 1.165) is 28.4 Å². The molecule has 4 nitrogen and oxygen atoms in total. The van der Waals surface area contributed by atoms with Crippen LogP contribution in [0.2, 0.25) is 0 Å². The van der Waals surface area contributed by atoms with Gasteiger partial charge in [-0.1, -0.05) is 36.4 Å². The summed E-state index contributed by atoms with van der Waals surface area (Å²) in [6.07, 6.45) is 0. The zero-order valence-electron chi connectivity index (χ0n) is 16.3. The summed E-state index contributed by atoms with van der Waals surface area (Å²) >= 11 is 0. The van der Waals surface area contributed by atoms with E-state index in [0.29, 0.717) is 19.8 Å². The maximum Gasteiger partial charge on any atom is 0.148 e. The molecular formula is C24H24N2O2. The van der Waals surface area contributed by atoms with E-state index in [-0.39, 0.29) is 0 Å². The highest BCUT2D eigenvalue weighted by atomic mass is 16.5. The SMILES string of the molecule is Cc1cccc(OCCn2c(COc3cccc(C)c3)nc3ccccc32)c1. The molecule has 0 saturated carbocycles. The second kappa shape index (κ2) is 8.17. The summed E-state index contributed by atoms with van der Waals surface area (Å²) in [6, 6.07) is 24.3. The lowest BCUT2D eigenvalue weighted by atomic mass is 10.2. The molecule has 0 aliphatic rings. The summed E-state index contributed by atoms with van der Waals surface area (Å²) in [6.45, 7) is 5.83. The van der Waals surface area contributed by atoms with Crippen LogP contribution in [-0.2, 0) is 13.2 Å². The average molecular weight is 372 g/mol. The van der Waals surface area contributed by atoms with Crippen LogP contribution >= 0.6 is 0 Å². The van der Waals surface area contributed by atoms with Gasteiger partial charge in [-0.25, -0.2) is 4.98 Å². The van der Waals surface area contributed by atoms with E-state index in [1.54, 1.807) is 0 Å². The number of benzene rings is 3. The second-order valence-corrected chi connectivity index (χ2v) is 6.94. The Morgan fingerprint density at radius 1 is 0.786 bits per heavy atom. The number of aromatic nitrogens is 2. The number of para-hydroxylation sites is 2. The van der Waals surface area contributed by atoms with Crippen LogP contribution in [0.4, 0.5) is 0 Å². The quantitative estimate of drug-likeness (QED) is 0.441. The minimum absolute atomic E-state index is 0.419. The van der Waals surface area contributed by atoms with E-state index in [2.05, 4.69) is 36.6 Å². The van der Waals surface area contributed by atoms with Crippen molar-refractivity contribution in [1.82, 2.24) is 9.55 Å². The minimum atomic E-state index is 0.419. The van der Waals surface area contributed by atoms with Gasteiger partial charge in [-0.3, -0.25) is 0 Å². The topological polar surface area (TPSA) is 36.3 Å². The van der Waals surface area contributed by atoms with Crippen LogP contribution in [0.15, 0.2) is 72.8 Å². The van der Waals surface area contributed by atoms with Crippen LogP contribution < -0.4 is 9.47 Å². The number of nitrogens with zero attached hydrogens (tertiary/aromatic N) is 2. The van der Waals surface area contributed by atoms with E-state index < -0.39 is 0 Å². The smallest absolute Gasteiger partial charge is 0.148 e. The molecule has 3 aromatic carbocycles. The van der Waals surface area contributed by atoms with Gasteiger partial charge in [0, 0.05) is 0 Å². The molecule has 0 N–H and O–H groups in total. The zero-order valence-corrected chi connectivity index (χ0v) is 16.3. The fourth-order valence-corrected chi connectivity index (χ4v) is 3.30. The predicted molar refractivity (Wildman–Crippen MR) is 112 cm³/mol. The van der Waals surface area contributed by atoms with Gasteiger partial charge in [0.15, 0.2) is 0 Å². The van der Waals surface area contributed by atoms with Gasteiger partial charge >= 0.3 is 0 Å². The van der Waals surface area contributed by atoms with Crippen molar-refractivity contribution in [3.8, 4) is 11.5 Å². The van der Waals surface area contributed by atoms with Crippen LogP contribution in [0, 0.1) is 13.8 Å². The first-order valence-corrected chi connectivity index (χ1v) is 9.52. The maximum atomic E-state index is 6.00. The zero-order chi connectivity index (χ0) is 19.3. The summed E-state index contributed by atoms with van der Waals surface area (Å²) in [7, 11) is 0. The van der Waals surface area contributed by atoms with Gasteiger partial charge in [-0.15, -0.1) is 0 Å². The van der Waals surface area contributed by atoms with Crippen molar-refractivity contribution in [2.75, 3.05) is 6.61 Å². The number of ether oxygens (including phenoxy) is 2. The van der Waals surface area contributed by atoms with Gasteiger partial charge in [0.05, 0.1) is 17.6 Å². The highest BCUT2D eigenvalue weighted by molar-refractivity contribution is 5.75. The van der Waals surface area contributed by atoms with Gasteiger partial charge < -0.3 is 14.0 Å². The first kappa shape index (κ1) is 18.1. The Bertz CT molecular complexity index is 1080. The normalized spacial score (nSPS) is 10.9. The van der Waals surface area contributed by atoms with Crippen molar-refractivity contribution in [2.45, 2.75) is 27.0 Å². The van der Waals surface area contributed by atoms with Crippen LogP contribution in [0.5, 0.6) is 11.5 Å². The number of fused-ring (bicyclic) bond motifs is 1. The Morgan fingerprint density at radius 3 is 2.18 bits per heavy atom. The van der Waals surface area contributed by atoms with E-state index in [1.165, 1.54) is 11.1 Å². The largest absolute Gasteiger partial charge is 0.492 e.